The minimum atomic E-state index is -4.76. The summed E-state index contributed by atoms with van der Waals surface area (Å²) in [5.41, 5.74) is 0. The van der Waals surface area contributed by atoms with Crippen molar-refractivity contribution in [2.24, 2.45) is 0 Å². The zero-order valence-corrected chi connectivity index (χ0v) is 50.8. The highest BCUT2D eigenvalue weighted by Gasteiger charge is 2.28. The third-order valence-corrected chi connectivity index (χ3v) is 14.2. The highest BCUT2D eigenvalue weighted by Crippen LogP contribution is 2.43. The van der Waals surface area contributed by atoms with Gasteiger partial charge in [0.25, 0.3) is 0 Å². The van der Waals surface area contributed by atoms with Gasteiger partial charge in [-0.05, 0) is 122 Å². The number of aliphatic hydroxyl groups is 1. The molecule has 0 aliphatic carbocycles. The van der Waals surface area contributed by atoms with Crippen LogP contribution in [0.5, 0.6) is 0 Å². The zero-order chi connectivity index (χ0) is 56.9. The minimum absolute atomic E-state index is 0.147. The van der Waals surface area contributed by atoms with E-state index in [0.717, 1.165) is 135 Å². The maximum absolute atomic E-state index is 12.9. The molecule has 0 saturated heterocycles. The van der Waals surface area contributed by atoms with Crippen LogP contribution in [0.15, 0.2) is 85.1 Å². The van der Waals surface area contributed by atoms with E-state index in [-0.39, 0.29) is 25.9 Å². The van der Waals surface area contributed by atoms with Crippen molar-refractivity contribution in [3.8, 4) is 0 Å². The van der Waals surface area contributed by atoms with Crippen LogP contribution in [0, 0.1) is 0 Å². The number of phosphoric acid groups is 1. The van der Waals surface area contributed by atoms with Gasteiger partial charge in [-0.2, -0.15) is 0 Å². The van der Waals surface area contributed by atoms with Crippen LogP contribution in [-0.2, 0) is 42.2 Å². The molecule has 450 valence electrons. The van der Waals surface area contributed by atoms with E-state index in [1.54, 1.807) is 0 Å². The van der Waals surface area contributed by atoms with Gasteiger partial charge in [-0.15, -0.1) is 0 Å². The number of hydrogen-bond donors (Lipinski definition) is 2. The lowest BCUT2D eigenvalue weighted by atomic mass is 10.1. The number of ether oxygens (including phenoxy) is 3. The summed E-state index contributed by atoms with van der Waals surface area (Å²) in [5, 5.41) is 9.85. The number of unbranched alkanes of at least 4 members (excludes halogenated alkanes) is 27. The molecule has 0 aromatic carbocycles. The summed E-state index contributed by atoms with van der Waals surface area (Å²) in [5.74, 6) is -1.50. The minimum Gasteiger partial charge on any atom is -0.462 e. The maximum atomic E-state index is 12.9. The number of hydrogen-bond acceptors (Lipinski definition) is 10. The molecule has 12 heteroatoms. The molecule has 0 rings (SSSR count). The van der Waals surface area contributed by atoms with E-state index in [2.05, 4.69) is 106 Å². The molecule has 11 nitrogen and oxygen atoms in total. The van der Waals surface area contributed by atoms with Crippen molar-refractivity contribution in [1.82, 2.24) is 0 Å². The fourth-order valence-electron chi connectivity index (χ4n) is 8.42. The smallest absolute Gasteiger partial charge is 0.462 e. The van der Waals surface area contributed by atoms with E-state index in [1.807, 2.05) is 0 Å². The molecule has 0 spiro atoms. The molecule has 0 radical (unpaired) electrons. The van der Waals surface area contributed by atoms with Crippen LogP contribution in [0.1, 0.15) is 278 Å². The summed E-state index contributed by atoms with van der Waals surface area (Å²) < 4.78 is 39.6. The number of allylic oxidation sites excluding steroid dienone is 14. The van der Waals surface area contributed by atoms with Crippen LogP contribution < -0.4 is 0 Å². The highest BCUT2D eigenvalue weighted by molar-refractivity contribution is 7.47. The van der Waals surface area contributed by atoms with Gasteiger partial charge in [0, 0.05) is 19.3 Å². The Kier molecular flexibility index (Phi) is 57.2. The summed E-state index contributed by atoms with van der Waals surface area (Å²) in [6.07, 6.45) is 69.5. The molecule has 2 N–H and O–H groups in total. The summed E-state index contributed by atoms with van der Waals surface area (Å²) in [7, 11) is -4.76. The predicted molar refractivity (Wildman–Crippen MR) is 325 cm³/mol. The lowest BCUT2D eigenvalue weighted by Crippen LogP contribution is -2.30. The van der Waals surface area contributed by atoms with E-state index in [9.17, 15) is 28.9 Å². The molecule has 0 fully saturated rings. The summed E-state index contributed by atoms with van der Waals surface area (Å²) in [6.45, 7) is 4.55. The first-order valence-corrected chi connectivity index (χ1v) is 33.0. The van der Waals surface area contributed by atoms with Crippen molar-refractivity contribution >= 4 is 25.7 Å². The summed E-state index contributed by atoms with van der Waals surface area (Å²) in [4.78, 5) is 48.7. The molecule has 3 unspecified atom stereocenters. The SMILES string of the molecule is CCCCC/C=C\C/C=C\C/C=C\CCCCCCCCC(=O)OC(COC(=O)CCCCCCC/C=C\C/C=C\CCCCC)COP(=O)(O)OCC(CO)OC(=O)CCCCCCCCC/C=C\C/C=C\CCCCC. The molecule has 3 atom stereocenters. The molecule has 0 bridgehead atoms. The average Bonchev–Trinajstić information content (AvgIpc) is 3.43. The van der Waals surface area contributed by atoms with Gasteiger partial charge < -0.3 is 24.2 Å². The van der Waals surface area contributed by atoms with E-state index >= 15 is 0 Å². The number of phosphoric ester groups is 1. The second-order valence-electron chi connectivity index (χ2n) is 20.9. The van der Waals surface area contributed by atoms with Crippen molar-refractivity contribution in [2.75, 3.05) is 26.4 Å². The Bertz CT molecular complexity index is 1630. The molecular weight excluding hydrogens is 1000 g/mol. The lowest BCUT2D eigenvalue weighted by Gasteiger charge is -2.21. The van der Waals surface area contributed by atoms with Gasteiger partial charge in [0.15, 0.2) is 6.10 Å². The first-order valence-electron chi connectivity index (χ1n) is 31.5. The van der Waals surface area contributed by atoms with Crippen molar-refractivity contribution in [2.45, 2.75) is 290 Å². The number of esters is 3. The van der Waals surface area contributed by atoms with Gasteiger partial charge in [0.1, 0.15) is 12.7 Å². The average molecular weight is 1120 g/mol. The second kappa shape index (κ2) is 59.8. The molecule has 78 heavy (non-hydrogen) atoms. The molecular formula is C66H115O11P. The Morgan fingerprint density at radius 2 is 0.628 bits per heavy atom. The number of rotatable bonds is 58. The van der Waals surface area contributed by atoms with E-state index < -0.39 is 57.8 Å². The van der Waals surface area contributed by atoms with Crippen molar-refractivity contribution in [1.29, 1.82) is 0 Å². The zero-order valence-electron chi connectivity index (χ0n) is 49.9. The third-order valence-electron chi connectivity index (χ3n) is 13.3. The van der Waals surface area contributed by atoms with Gasteiger partial charge in [-0.3, -0.25) is 23.4 Å². The van der Waals surface area contributed by atoms with Gasteiger partial charge in [0.05, 0.1) is 19.8 Å². The van der Waals surface area contributed by atoms with E-state index in [0.29, 0.717) is 19.3 Å². The third kappa shape index (κ3) is 57.3. The van der Waals surface area contributed by atoms with Crippen molar-refractivity contribution < 1.29 is 52.2 Å². The van der Waals surface area contributed by atoms with Crippen molar-refractivity contribution in [3.63, 3.8) is 0 Å². The first kappa shape index (κ1) is 74.7. The van der Waals surface area contributed by atoms with E-state index in [4.69, 9.17) is 23.3 Å². The summed E-state index contributed by atoms with van der Waals surface area (Å²) in [6, 6.07) is 0. The second-order valence-corrected chi connectivity index (χ2v) is 22.3. The van der Waals surface area contributed by atoms with Crippen molar-refractivity contribution in [3.05, 3.63) is 85.1 Å². The van der Waals surface area contributed by atoms with Crippen LogP contribution >= 0.6 is 7.82 Å². The quantitative estimate of drug-likeness (QED) is 0.0197. The standard InChI is InChI=1S/C66H115O11P/c1-4-7-10-13-16-19-22-25-28-30-31-33-36-39-42-45-48-51-54-57-66(70)77-63(59-73-64(68)55-52-49-46-43-40-37-34-27-24-21-18-15-12-9-6-3)61-75-78(71,72)74-60-62(58-67)76-65(69)56-53-50-47-44-41-38-35-32-29-26-23-20-17-14-11-8-5-2/h16-21,25-29,31,33-34,62-63,67H,4-15,22-24,30,32,35-61H2,1-3H3,(H,71,72)/b19-16-,20-17-,21-18-,28-25-,29-26-,33-31-,34-27-. The number of carbonyl (C=O) groups excluding carboxylic acids is 3. The fourth-order valence-corrected chi connectivity index (χ4v) is 9.21. The van der Waals surface area contributed by atoms with Crippen LogP contribution in [0.4, 0.5) is 0 Å². The van der Waals surface area contributed by atoms with Gasteiger partial charge in [-0.1, -0.05) is 221 Å². The Labute approximate surface area is 477 Å². The number of aliphatic hydroxyl groups excluding tert-OH is 1. The Hall–Kier alpha value is -3.34. The Morgan fingerprint density at radius 3 is 0.962 bits per heavy atom. The molecule has 0 aliphatic heterocycles. The number of carbonyl (C=O) groups is 3. The largest absolute Gasteiger partial charge is 0.472 e. The highest BCUT2D eigenvalue weighted by atomic mass is 31.2. The maximum Gasteiger partial charge on any atom is 0.472 e. The van der Waals surface area contributed by atoms with Gasteiger partial charge in [0.2, 0.25) is 0 Å². The van der Waals surface area contributed by atoms with Crippen LogP contribution in [-0.4, -0.2) is 66.5 Å². The van der Waals surface area contributed by atoms with Crippen LogP contribution in [0.3, 0.4) is 0 Å². The molecule has 0 amide bonds. The van der Waals surface area contributed by atoms with E-state index in [1.165, 1.54) is 83.5 Å². The molecule has 0 aromatic heterocycles. The molecule has 0 aliphatic rings. The predicted octanol–water partition coefficient (Wildman–Crippen LogP) is 19.0. The fraction of sp³-hybridized carbons (Fsp3) is 0.742. The normalized spacial score (nSPS) is 13.9. The van der Waals surface area contributed by atoms with Crippen LogP contribution in [0.2, 0.25) is 0 Å². The monoisotopic (exact) mass is 1110 g/mol. The topological polar surface area (TPSA) is 155 Å². The lowest BCUT2D eigenvalue weighted by molar-refractivity contribution is -0.161. The van der Waals surface area contributed by atoms with Gasteiger partial charge >= 0.3 is 25.7 Å². The van der Waals surface area contributed by atoms with Gasteiger partial charge in [-0.25, -0.2) is 4.57 Å². The molecule has 0 aromatic rings. The first-order chi connectivity index (χ1) is 38.2. The van der Waals surface area contributed by atoms with Crippen LogP contribution in [0.25, 0.3) is 0 Å². The Morgan fingerprint density at radius 1 is 0.359 bits per heavy atom. The molecule has 0 heterocycles. The Balaban J connectivity index is 4.74. The summed E-state index contributed by atoms with van der Waals surface area (Å²) >= 11 is 0. The molecule has 0 saturated carbocycles.